The Bertz CT molecular complexity index is 327. The van der Waals surface area contributed by atoms with Crippen molar-refractivity contribution >= 4 is 12.0 Å². The molecular weight excluding hydrogens is 256 g/mol. The fourth-order valence-electron chi connectivity index (χ4n) is 2.93. The van der Waals surface area contributed by atoms with Gasteiger partial charge in [0.2, 0.25) is 0 Å². The maximum atomic E-state index is 12.1. The van der Waals surface area contributed by atoms with Crippen LogP contribution < -0.4 is 5.32 Å². The number of hydrogen-bond donors (Lipinski definition) is 2. The maximum Gasteiger partial charge on any atom is 0.317 e. The van der Waals surface area contributed by atoms with Gasteiger partial charge in [-0.25, -0.2) is 4.79 Å². The van der Waals surface area contributed by atoms with E-state index < -0.39 is 11.9 Å². The van der Waals surface area contributed by atoms with Crippen molar-refractivity contribution in [2.75, 3.05) is 13.6 Å². The average Bonchev–Trinajstić information content (AvgIpc) is 2.45. The number of hydrogen-bond acceptors (Lipinski definition) is 2. The summed E-state index contributed by atoms with van der Waals surface area (Å²) in [4.78, 5) is 24.4. The second kappa shape index (κ2) is 8.12. The van der Waals surface area contributed by atoms with Gasteiger partial charge in [-0.3, -0.25) is 4.79 Å². The van der Waals surface area contributed by atoms with Crippen molar-refractivity contribution in [3.63, 3.8) is 0 Å². The van der Waals surface area contributed by atoms with E-state index >= 15 is 0 Å². The first-order chi connectivity index (χ1) is 9.45. The number of carboxylic acid groups (broad SMARTS) is 1. The monoisotopic (exact) mass is 284 g/mol. The Morgan fingerprint density at radius 1 is 1.30 bits per heavy atom. The van der Waals surface area contributed by atoms with Crippen LogP contribution in [0.15, 0.2) is 0 Å². The average molecular weight is 284 g/mol. The number of amides is 2. The molecule has 0 aromatic heterocycles. The second-order valence-corrected chi connectivity index (χ2v) is 5.98. The van der Waals surface area contributed by atoms with Crippen molar-refractivity contribution in [2.24, 2.45) is 11.8 Å². The molecule has 0 aromatic carbocycles. The molecule has 5 heteroatoms. The first-order valence-electron chi connectivity index (χ1n) is 7.70. The molecule has 2 unspecified atom stereocenters. The van der Waals surface area contributed by atoms with Crippen molar-refractivity contribution < 1.29 is 14.7 Å². The Hall–Kier alpha value is -1.26. The first-order valence-corrected chi connectivity index (χ1v) is 7.70. The second-order valence-electron chi connectivity index (χ2n) is 5.98. The first kappa shape index (κ1) is 16.8. The van der Waals surface area contributed by atoms with Gasteiger partial charge in [0, 0.05) is 19.6 Å². The van der Waals surface area contributed by atoms with Crippen LogP contribution in [0.5, 0.6) is 0 Å². The van der Waals surface area contributed by atoms with Crippen LogP contribution in [-0.4, -0.2) is 41.6 Å². The molecule has 2 atom stereocenters. The molecule has 1 rings (SSSR count). The van der Waals surface area contributed by atoms with E-state index in [0.717, 1.165) is 6.42 Å². The molecule has 1 aliphatic rings. The molecular formula is C15H28N2O3. The number of nitrogens with one attached hydrogen (secondary N) is 1. The topological polar surface area (TPSA) is 69.6 Å². The lowest BCUT2D eigenvalue weighted by molar-refractivity contribution is -0.141. The highest BCUT2D eigenvalue weighted by Gasteiger charge is 2.25. The predicted molar refractivity (Wildman–Crippen MR) is 78.6 cm³/mol. The fraction of sp³-hybridized carbons (Fsp3) is 0.867. The Labute approximate surface area is 121 Å². The lowest BCUT2D eigenvalue weighted by Gasteiger charge is -2.32. The summed E-state index contributed by atoms with van der Waals surface area (Å²) in [5.74, 6) is -0.840. The Balaban J connectivity index is 2.47. The lowest BCUT2D eigenvalue weighted by Crippen LogP contribution is -2.47. The molecule has 0 aliphatic heterocycles. The normalized spacial score (nSPS) is 19.1. The zero-order valence-electron chi connectivity index (χ0n) is 12.9. The van der Waals surface area contributed by atoms with E-state index in [1.54, 1.807) is 14.0 Å². The molecule has 1 fully saturated rings. The summed E-state index contributed by atoms with van der Waals surface area (Å²) < 4.78 is 0. The Morgan fingerprint density at radius 3 is 2.40 bits per heavy atom. The van der Waals surface area contributed by atoms with Crippen LogP contribution in [0, 0.1) is 11.8 Å². The molecule has 0 spiro atoms. The van der Waals surface area contributed by atoms with Gasteiger partial charge in [0.05, 0.1) is 5.92 Å². The standard InChI is InChI=1S/C15H28N2O3/c1-4-13(12-8-6-5-7-9-12)16-15(20)17(3)10-11(2)14(18)19/h11-13H,4-10H2,1-3H3,(H,16,20)(H,18,19). The van der Waals surface area contributed by atoms with Gasteiger partial charge in [-0.05, 0) is 25.2 Å². The minimum Gasteiger partial charge on any atom is -0.481 e. The van der Waals surface area contributed by atoms with Crippen LogP contribution in [0.3, 0.4) is 0 Å². The summed E-state index contributed by atoms with van der Waals surface area (Å²) in [7, 11) is 1.66. The van der Waals surface area contributed by atoms with Crippen LogP contribution in [0.4, 0.5) is 4.79 Å². The molecule has 0 radical (unpaired) electrons. The van der Waals surface area contributed by atoms with Crippen molar-refractivity contribution in [3.8, 4) is 0 Å². The van der Waals surface area contributed by atoms with Crippen LogP contribution in [0.25, 0.3) is 0 Å². The number of carbonyl (C=O) groups is 2. The molecule has 1 saturated carbocycles. The van der Waals surface area contributed by atoms with Gasteiger partial charge in [-0.15, -0.1) is 0 Å². The lowest BCUT2D eigenvalue weighted by atomic mass is 9.83. The summed E-state index contributed by atoms with van der Waals surface area (Å²) in [5.41, 5.74) is 0. The van der Waals surface area contributed by atoms with Gasteiger partial charge >= 0.3 is 12.0 Å². The Kier molecular flexibility index (Phi) is 6.82. The van der Waals surface area contributed by atoms with Crippen LogP contribution >= 0.6 is 0 Å². The fourth-order valence-corrected chi connectivity index (χ4v) is 2.93. The third kappa shape index (κ3) is 5.02. The zero-order valence-corrected chi connectivity index (χ0v) is 12.9. The molecule has 2 N–H and O–H groups in total. The molecule has 0 saturated heterocycles. The minimum absolute atomic E-state index is 0.157. The molecule has 5 nitrogen and oxygen atoms in total. The van der Waals surface area contributed by atoms with E-state index in [0.29, 0.717) is 5.92 Å². The van der Waals surface area contributed by atoms with Gasteiger partial charge in [0.15, 0.2) is 0 Å². The van der Waals surface area contributed by atoms with Crippen molar-refractivity contribution in [3.05, 3.63) is 0 Å². The van der Waals surface area contributed by atoms with Gasteiger partial charge in [0.25, 0.3) is 0 Å². The highest BCUT2D eigenvalue weighted by molar-refractivity contribution is 5.76. The number of rotatable bonds is 6. The minimum atomic E-state index is -0.871. The SMILES string of the molecule is CCC(NC(=O)N(C)CC(C)C(=O)O)C1CCCCC1. The molecule has 116 valence electrons. The number of aliphatic carboxylic acids is 1. The highest BCUT2D eigenvalue weighted by Crippen LogP contribution is 2.27. The van der Waals surface area contributed by atoms with Crippen molar-refractivity contribution in [1.82, 2.24) is 10.2 Å². The van der Waals surface area contributed by atoms with Gasteiger partial charge in [0.1, 0.15) is 0 Å². The smallest absolute Gasteiger partial charge is 0.317 e. The quantitative estimate of drug-likeness (QED) is 0.788. The van der Waals surface area contributed by atoms with Crippen LogP contribution in [-0.2, 0) is 4.79 Å². The van der Waals surface area contributed by atoms with E-state index in [2.05, 4.69) is 12.2 Å². The van der Waals surface area contributed by atoms with Gasteiger partial charge in [-0.1, -0.05) is 33.1 Å². The van der Waals surface area contributed by atoms with Gasteiger partial charge in [-0.2, -0.15) is 0 Å². The third-order valence-corrected chi connectivity index (χ3v) is 4.28. The number of carbonyl (C=O) groups excluding carboxylic acids is 1. The molecule has 2 amide bonds. The third-order valence-electron chi connectivity index (χ3n) is 4.28. The van der Waals surface area contributed by atoms with E-state index in [1.807, 2.05) is 0 Å². The molecule has 0 heterocycles. The summed E-state index contributed by atoms with van der Waals surface area (Å²) in [6.45, 7) is 3.95. The number of nitrogens with zero attached hydrogens (tertiary/aromatic N) is 1. The van der Waals surface area contributed by atoms with Crippen molar-refractivity contribution in [2.45, 2.75) is 58.4 Å². The van der Waals surface area contributed by atoms with Crippen LogP contribution in [0.2, 0.25) is 0 Å². The van der Waals surface area contributed by atoms with Crippen LogP contribution in [0.1, 0.15) is 52.4 Å². The molecule has 1 aliphatic carbocycles. The summed E-state index contributed by atoms with van der Waals surface area (Å²) >= 11 is 0. The van der Waals surface area contributed by atoms with Crippen molar-refractivity contribution in [1.29, 1.82) is 0 Å². The number of carboxylic acids is 1. The van der Waals surface area contributed by atoms with E-state index in [4.69, 9.17) is 5.11 Å². The van der Waals surface area contributed by atoms with E-state index in [9.17, 15) is 9.59 Å². The summed E-state index contributed by atoms with van der Waals surface area (Å²) in [6.07, 6.45) is 7.11. The largest absolute Gasteiger partial charge is 0.481 e. The van der Waals surface area contributed by atoms with E-state index in [1.165, 1.54) is 37.0 Å². The molecule has 0 aromatic rings. The van der Waals surface area contributed by atoms with Gasteiger partial charge < -0.3 is 15.3 Å². The summed E-state index contributed by atoms with van der Waals surface area (Å²) in [5, 5.41) is 12.0. The maximum absolute atomic E-state index is 12.1. The number of urea groups is 1. The predicted octanol–water partition coefficient (Wildman–Crippen LogP) is 2.71. The molecule has 20 heavy (non-hydrogen) atoms. The highest BCUT2D eigenvalue weighted by atomic mass is 16.4. The zero-order chi connectivity index (χ0) is 15.1. The Morgan fingerprint density at radius 2 is 1.90 bits per heavy atom. The summed E-state index contributed by atoms with van der Waals surface area (Å²) in [6, 6.07) is 0.0564. The van der Waals surface area contributed by atoms with E-state index in [-0.39, 0.29) is 18.6 Å². The molecule has 0 bridgehead atoms.